The molecule has 1 atom stereocenters. The predicted molar refractivity (Wildman–Crippen MR) is 69.0 cm³/mol. The quantitative estimate of drug-likeness (QED) is 0.791. The number of fused-ring (bicyclic) bond motifs is 1. The second kappa shape index (κ2) is 4.04. The number of benzene rings is 1. The average molecular weight is 229 g/mol. The molecular formula is C14H15NS. The van der Waals surface area contributed by atoms with E-state index in [1.54, 1.807) is 0 Å². The molecule has 1 N–H and O–H groups in total. The van der Waals surface area contributed by atoms with Gasteiger partial charge in [0.2, 0.25) is 0 Å². The summed E-state index contributed by atoms with van der Waals surface area (Å²) in [4.78, 5) is 1.43. The predicted octanol–water partition coefficient (Wildman–Crippen LogP) is 3.29. The molecule has 0 spiro atoms. The molecule has 1 aromatic heterocycles. The van der Waals surface area contributed by atoms with Crippen LogP contribution in [-0.2, 0) is 6.42 Å². The van der Waals surface area contributed by atoms with Crippen LogP contribution in [0, 0.1) is 6.92 Å². The van der Waals surface area contributed by atoms with Gasteiger partial charge in [0.1, 0.15) is 0 Å². The van der Waals surface area contributed by atoms with Gasteiger partial charge in [-0.1, -0.05) is 24.3 Å². The summed E-state index contributed by atoms with van der Waals surface area (Å²) < 4.78 is 0. The van der Waals surface area contributed by atoms with Gasteiger partial charge >= 0.3 is 0 Å². The van der Waals surface area contributed by atoms with Gasteiger partial charge in [0.15, 0.2) is 0 Å². The van der Waals surface area contributed by atoms with Crippen LogP contribution in [0.25, 0.3) is 0 Å². The molecule has 1 nitrogen and oxygen atoms in total. The van der Waals surface area contributed by atoms with Gasteiger partial charge in [-0.05, 0) is 41.5 Å². The maximum Gasteiger partial charge on any atom is 0.0590 e. The number of rotatable bonds is 1. The summed E-state index contributed by atoms with van der Waals surface area (Å²) >= 11 is 1.83. The molecule has 2 aromatic rings. The van der Waals surface area contributed by atoms with E-state index in [4.69, 9.17) is 0 Å². The lowest BCUT2D eigenvalue weighted by atomic mass is 9.90. The third kappa shape index (κ3) is 1.58. The molecule has 0 saturated heterocycles. The molecule has 0 fully saturated rings. The number of nitrogens with one attached hydrogen (secondary N) is 1. The zero-order valence-electron chi connectivity index (χ0n) is 9.36. The molecule has 0 saturated carbocycles. The fourth-order valence-corrected chi connectivity index (χ4v) is 3.22. The molecule has 0 bridgehead atoms. The molecule has 2 heteroatoms. The van der Waals surface area contributed by atoms with Crippen molar-refractivity contribution in [2.24, 2.45) is 0 Å². The van der Waals surface area contributed by atoms with Gasteiger partial charge in [-0.15, -0.1) is 11.3 Å². The molecule has 1 unspecified atom stereocenters. The normalized spacial score (nSPS) is 19.4. The maximum absolute atomic E-state index is 3.63. The van der Waals surface area contributed by atoms with Crippen LogP contribution in [0.1, 0.15) is 27.6 Å². The second-order valence-electron chi connectivity index (χ2n) is 4.27. The lowest BCUT2D eigenvalue weighted by Gasteiger charge is -2.27. The molecule has 0 radical (unpaired) electrons. The zero-order valence-corrected chi connectivity index (χ0v) is 10.2. The average Bonchev–Trinajstić information content (AvgIpc) is 2.75. The Morgan fingerprint density at radius 2 is 2.06 bits per heavy atom. The van der Waals surface area contributed by atoms with Crippen molar-refractivity contribution in [2.75, 3.05) is 6.54 Å². The van der Waals surface area contributed by atoms with E-state index in [0.717, 1.165) is 13.0 Å². The SMILES string of the molecule is Cc1sccc1C1NCCc2ccccc21. The van der Waals surface area contributed by atoms with Crippen molar-refractivity contribution in [3.05, 3.63) is 57.3 Å². The van der Waals surface area contributed by atoms with Gasteiger partial charge in [0.25, 0.3) is 0 Å². The monoisotopic (exact) mass is 229 g/mol. The standard InChI is InChI=1S/C14H15NS/c1-10-12(7-9-16-10)14-13-5-3-2-4-11(13)6-8-15-14/h2-5,7,9,14-15H,6,8H2,1H3. The van der Waals surface area contributed by atoms with E-state index < -0.39 is 0 Å². The smallest absolute Gasteiger partial charge is 0.0590 e. The Morgan fingerprint density at radius 3 is 2.88 bits per heavy atom. The first-order chi connectivity index (χ1) is 7.86. The fourth-order valence-electron chi connectivity index (χ4n) is 2.48. The van der Waals surface area contributed by atoms with Gasteiger partial charge in [0, 0.05) is 11.4 Å². The first kappa shape index (κ1) is 10.1. The van der Waals surface area contributed by atoms with Gasteiger partial charge in [0.05, 0.1) is 6.04 Å². The Hall–Kier alpha value is -1.12. The van der Waals surface area contributed by atoms with Gasteiger partial charge in [-0.2, -0.15) is 0 Å². The Bertz CT molecular complexity index is 501. The third-order valence-electron chi connectivity index (χ3n) is 3.32. The van der Waals surface area contributed by atoms with Crippen LogP contribution in [-0.4, -0.2) is 6.54 Å². The highest BCUT2D eigenvalue weighted by molar-refractivity contribution is 7.10. The highest BCUT2D eigenvalue weighted by Crippen LogP contribution is 2.32. The van der Waals surface area contributed by atoms with Crippen LogP contribution < -0.4 is 5.32 Å². The summed E-state index contributed by atoms with van der Waals surface area (Å²) in [7, 11) is 0. The van der Waals surface area contributed by atoms with Crippen LogP contribution in [0.3, 0.4) is 0 Å². The highest BCUT2D eigenvalue weighted by atomic mass is 32.1. The number of thiophene rings is 1. The Morgan fingerprint density at radius 1 is 1.19 bits per heavy atom. The van der Waals surface area contributed by atoms with Crippen LogP contribution in [0.5, 0.6) is 0 Å². The van der Waals surface area contributed by atoms with Crippen molar-refractivity contribution >= 4 is 11.3 Å². The number of hydrogen-bond donors (Lipinski definition) is 1. The Labute approximate surface area is 100 Å². The van der Waals surface area contributed by atoms with Crippen LogP contribution >= 0.6 is 11.3 Å². The molecule has 16 heavy (non-hydrogen) atoms. The zero-order chi connectivity index (χ0) is 11.0. The molecular weight excluding hydrogens is 214 g/mol. The lowest BCUT2D eigenvalue weighted by molar-refractivity contribution is 0.567. The van der Waals surface area contributed by atoms with Crippen LogP contribution in [0.2, 0.25) is 0 Å². The van der Waals surface area contributed by atoms with E-state index >= 15 is 0 Å². The van der Waals surface area contributed by atoms with Crippen LogP contribution in [0.4, 0.5) is 0 Å². The van der Waals surface area contributed by atoms with E-state index in [-0.39, 0.29) is 0 Å². The molecule has 3 rings (SSSR count). The third-order valence-corrected chi connectivity index (χ3v) is 4.18. The van der Waals surface area contributed by atoms with Crippen molar-refractivity contribution in [2.45, 2.75) is 19.4 Å². The molecule has 1 aliphatic rings. The summed E-state index contributed by atoms with van der Waals surface area (Å²) in [6.45, 7) is 3.29. The summed E-state index contributed by atoms with van der Waals surface area (Å²) in [5.41, 5.74) is 4.39. The van der Waals surface area contributed by atoms with Gasteiger partial charge in [-0.3, -0.25) is 0 Å². The number of aryl methyl sites for hydroxylation is 1. The Kier molecular flexibility index (Phi) is 2.54. The molecule has 1 aliphatic heterocycles. The largest absolute Gasteiger partial charge is 0.306 e. The topological polar surface area (TPSA) is 12.0 Å². The van der Waals surface area contributed by atoms with Crippen molar-refractivity contribution in [1.29, 1.82) is 0 Å². The lowest BCUT2D eigenvalue weighted by Crippen LogP contribution is -2.30. The van der Waals surface area contributed by atoms with Crippen molar-refractivity contribution in [3.8, 4) is 0 Å². The highest BCUT2D eigenvalue weighted by Gasteiger charge is 2.22. The van der Waals surface area contributed by atoms with E-state index in [2.05, 4.69) is 48.0 Å². The van der Waals surface area contributed by atoms with E-state index in [1.165, 1.54) is 21.6 Å². The molecule has 2 heterocycles. The van der Waals surface area contributed by atoms with E-state index in [1.807, 2.05) is 11.3 Å². The summed E-state index contributed by atoms with van der Waals surface area (Å²) in [6, 6.07) is 11.4. The minimum absolute atomic E-state index is 0.399. The van der Waals surface area contributed by atoms with Crippen molar-refractivity contribution in [1.82, 2.24) is 5.32 Å². The molecule has 1 aromatic carbocycles. The molecule has 0 aliphatic carbocycles. The first-order valence-electron chi connectivity index (χ1n) is 5.71. The van der Waals surface area contributed by atoms with E-state index in [9.17, 15) is 0 Å². The fraction of sp³-hybridized carbons (Fsp3) is 0.286. The maximum atomic E-state index is 3.63. The minimum atomic E-state index is 0.399. The Balaban J connectivity index is 2.08. The minimum Gasteiger partial charge on any atom is -0.306 e. The second-order valence-corrected chi connectivity index (χ2v) is 5.39. The van der Waals surface area contributed by atoms with E-state index in [0.29, 0.717) is 6.04 Å². The van der Waals surface area contributed by atoms with Gasteiger partial charge < -0.3 is 5.32 Å². The van der Waals surface area contributed by atoms with Crippen molar-refractivity contribution in [3.63, 3.8) is 0 Å². The van der Waals surface area contributed by atoms with Crippen LogP contribution in [0.15, 0.2) is 35.7 Å². The van der Waals surface area contributed by atoms with Gasteiger partial charge in [-0.25, -0.2) is 0 Å². The first-order valence-corrected chi connectivity index (χ1v) is 6.59. The van der Waals surface area contributed by atoms with Crippen molar-refractivity contribution < 1.29 is 0 Å². The summed E-state index contributed by atoms with van der Waals surface area (Å²) in [5.74, 6) is 0. The molecule has 0 amide bonds. The number of hydrogen-bond acceptors (Lipinski definition) is 2. The summed E-state index contributed by atoms with van der Waals surface area (Å²) in [6.07, 6.45) is 1.15. The summed E-state index contributed by atoms with van der Waals surface area (Å²) in [5, 5.41) is 5.81. The molecule has 82 valence electrons.